The van der Waals surface area contributed by atoms with Gasteiger partial charge in [-0.15, -0.1) is 0 Å². The van der Waals surface area contributed by atoms with Crippen LogP contribution in [0.4, 0.5) is 0 Å². The minimum atomic E-state index is 0.507. The zero-order chi connectivity index (χ0) is 42.4. The number of hydrogen-bond donors (Lipinski definition) is 0. The second kappa shape index (κ2) is 27.4. The van der Waals surface area contributed by atoms with Crippen molar-refractivity contribution in [2.24, 2.45) is 0 Å². The molecule has 4 heterocycles. The lowest BCUT2D eigenvalue weighted by atomic mass is 10.2. The summed E-state index contributed by atoms with van der Waals surface area (Å²) in [5.41, 5.74) is 3.29. The van der Waals surface area contributed by atoms with Crippen LogP contribution in [-0.2, 0) is 24.6 Å². The number of pyridine rings is 3. The zero-order valence-corrected chi connectivity index (χ0v) is 43.5. The molecule has 1 fully saturated rings. The van der Waals surface area contributed by atoms with E-state index in [4.69, 9.17) is 33.2 Å². The van der Waals surface area contributed by atoms with Gasteiger partial charge in [0.15, 0.2) is 0 Å². The molecular formula is C43H41Br3I3N3O7. The van der Waals surface area contributed by atoms with E-state index in [1.807, 2.05) is 109 Å². The highest BCUT2D eigenvalue weighted by Gasteiger charge is 2.04. The van der Waals surface area contributed by atoms with Crippen molar-refractivity contribution in [2.75, 3.05) is 34.5 Å². The quantitative estimate of drug-likeness (QED) is 0.0869. The highest BCUT2D eigenvalue weighted by Crippen LogP contribution is 2.24. The predicted octanol–water partition coefficient (Wildman–Crippen LogP) is 12.9. The molecule has 0 bridgehead atoms. The Labute approximate surface area is 411 Å². The molecule has 312 valence electrons. The summed E-state index contributed by atoms with van der Waals surface area (Å²) in [4.78, 5) is 12.7. The van der Waals surface area contributed by atoms with Crippen LogP contribution in [0.1, 0.15) is 29.5 Å². The topological polar surface area (TPSA) is 103 Å². The van der Waals surface area contributed by atoms with Gasteiger partial charge in [0.25, 0.3) is 0 Å². The Morgan fingerprint density at radius 1 is 0.441 bits per heavy atom. The van der Waals surface area contributed by atoms with Crippen molar-refractivity contribution < 1.29 is 33.2 Å². The van der Waals surface area contributed by atoms with E-state index >= 15 is 0 Å². The molecule has 0 N–H and O–H groups in total. The summed E-state index contributed by atoms with van der Waals surface area (Å²) >= 11 is 16.5. The molecule has 0 aliphatic carbocycles. The first kappa shape index (κ1) is 49.2. The van der Waals surface area contributed by atoms with Crippen LogP contribution < -0.4 is 28.4 Å². The summed E-state index contributed by atoms with van der Waals surface area (Å²) in [6, 6.07) is 34.7. The molecule has 0 unspecified atom stereocenters. The van der Waals surface area contributed by atoms with Crippen LogP contribution in [0.15, 0.2) is 123 Å². The normalized spacial score (nSPS) is 11.3. The molecule has 7 rings (SSSR count). The summed E-state index contributed by atoms with van der Waals surface area (Å²) in [6.07, 6.45) is 2.56. The van der Waals surface area contributed by atoms with Crippen LogP contribution >= 0.6 is 116 Å². The minimum Gasteiger partial charge on any atom is -0.497 e. The average Bonchev–Trinajstić information content (AvgIpc) is 3.82. The number of aromatic nitrogens is 3. The Hall–Kier alpha value is -2.50. The van der Waals surface area contributed by atoms with E-state index in [0.29, 0.717) is 19.8 Å². The van der Waals surface area contributed by atoms with E-state index < -0.39 is 0 Å². The van der Waals surface area contributed by atoms with Crippen molar-refractivity contribution in [2.45, 2.75) is 32.7 Å². The van der Waals surface area contributed by atoms with Gasteiger partial charge in [0.05, 0.1) is 21.3 Å². The fourth-order valence-corrected chi connectivity index (χ4v) is 8.74. The standard InChI is InChI=1S/C13H11Br2NO2.C13H11BrINO2.C13H11I2NO2.C4H8O/c3*1-17-10-4-2-9(3-5-10)8-18-11-6-12(14)16-13(15)7-11;1-2-4-5-3-1/h3*2-7H,8H2,1H3;1-4H2. The van der Waals surface area contributed by atoms with Gasteiger partial charge in [-0.1, -0.05) is 36.4 Å². The SMILES string of the molecule is C1CCOC1.COc1ccc(COc2cc(Br)nc(Br)c2)cc1.COc1ccc(COc2cc(Br)nc(I)c2)cc1.COc1ccc(COc2cc(I)nc(I)c2)cc1. The third-order valence-corrected chi connectivity index (χ3v) is 10.6. The maximum atomic E-state index is 5.74. The smallest absolute Gasteiger partial charge is 0.125 e. The molecule has 0 amide bonds. The Kier molecular flexibility index (Phi) is 22.9. The summed E-state index contributed by atoms with van der Waals surface area (Å²) in [5, 5.41) is 0. The van der Waals surface area contributed by atoms with Gasteiger partial charge in [0, 0.05) is 49.6 Å². The molecule has 10 nitrogen and oxygen atoms in total. The fourth-order valence-electron chi connectivity index (χ4n) is 4.75. The summed E-state index contributed by atoms with van der Waals surface area (Å²) in [7, 11) is 4.96. The van der Waals surface area contributed by atoms with E-state index in [-0.39, 0.29) is 0 Å². The number of hydrogen-bond acceptors (Lipinski definition) is 10. The number of ether oxygens (including phenoxy) is 7. The van der Waals surface area contributed by atoms with Gasteiger partial charge in [-0.05, 0) is 181 Å². The second-order valence-electron chi connectivity index (χ2n) is 12.1. The van der Waals surface area contributed by atoms with Crippen molar-refractivity contribution in [3.63, 3.8) is 0 Å². The summed E-state index contributed by atoms with van der Waals surface area (Å²) in [5.74, 6) is 4.95. The van der Waals surface area contributed by atoms with E-state index in [1.54, 1.807) is 21.3 Å². The first-order valence-corrected chi connectivity index (χ1v) is 23.5. The molecule has 0 spiro atoms. The third kappa shape index (κ3) is 19.8. The van der Waals surface area contributed by atoms with Gasteiger partial charge in [0.2, 0.25) is 0 Å². The van der Waals surface area contributed by atoms with Crippen LogP contribution in [0.5, 0.6) is 34.5 Å². The van der Waals surface area contributed by atoms with E-state index in [2.05, 4.69) is 131 Å². The average molecular weight is 1330 g/mol. The number of rotatable bonds is 12. The number of halogens is 6. The number of nitrogens with zero attached hydrogens (tertiary/aromatic N) is 3. The third-order valence-electron chi connectivity index (χ3n) is 7.73. The Morgan fingerprint density at radius 2 is 0.746 bits per heavy atom. The van der Waals surface area contributed by atoms with Crippen molar-refractivity contribution in [3.8, 4) is 34.5 Å². The Bertz CT molecular complexity index is 1850. The fraction of sp³-hybridized carbons (Fsp3) is 0.233. The molecule has 16 heteroatoms. The van der Waals surface area contributed by atoms with Crippen LogP contribution in [0.25, 0.3) is 0 Å². The maximum Gasteiger partial charge on any atom is 0.125 e. The van der Waals surface area contributed by atoms with Crippen molar-refractivity contribution in [1.82, 2.24) is 15.0 Å². The van der Waals surface area contributed by atoms with E-state index in [0.717, 1.165) is 89.3 Å². The van der Waals surface area contributed by atoms with Crippen LogP contribution in [0, 0.1) is 11.1 Å². The van der Waals surface area contributed by atoms with Crippen LogP contribution in [0.2, 0.25) is 0 Å². The van der Waals surface area contributed by atoms with Crippen LogP contribution in [-0.4, -0.2) is 49.5 Å². The van der Waals surface area contributed by atoms with Gasteiger partial charge in [-0.25, -0.2) is 15.0 Å². The van der Waals surface area contributed by atoms with Gasteiger partial charge in [-0.3, -0.25) is 0 Å². The molecule has 3 aromatic carbocycles. The van der Waals surface area contributed by atoms with Gasteiger partial charge >= 0.3 is 0 Å². The molecule has 1 aliphatic heterocycles. The van der Waals surface area contributed by atoms with Gasteiger partial charge < -0.3 is 33.2 Å². The van der Waals surface area contributed by atoms with Crippen LogP contribution in [0.3, 0.4) is 0 Å². The summed E-state index contributed by atoms with van der Waals surface area (Å²) < 4.78 is 42.4. The predicted molar refractivity (Wildman–Crippen MR) is 266 cm³/mol. The molecule has 0 atom stereocenters. The number of benzene rings is 3. The van der Waals surface area contributed by atoms with Gasteiger partial charge in [-0.2, -0.15) is 0 Å². The molecule has 59 heavy (non-hydrogen) atoms. The molecular weight excluding hydrogens is 1290 g/mol. The lowest BCUT2D eigenvalue weighted by Gasteiger charge is -2.07. The molecule has 6 aromatic rings. The highest BCUT2D eigenvalue weighted by molar-refractivity contribution is 14.1. The van der Waals surface area contributed by atoms with Crippen molar-refractivity contribution in [1.29, 1.82) is 0 Å². The first-order chi connectivity index (χ1) is 28.5. The first-order valence-electron chi connectivity index (χ1n) is 17.9. The minimum absolute atomic E-state index is 0.507. The highest BCUT2D eigenvalue weighted by atomic mass is 127. The molecule has 1 aliphatic rings. The largest absolute Gasteiger partial charge is 0.497 e. The number of methoxy groups -OCH3 is 3. The molecule has 1 saturated heterocycles. The summed E-state index contributed by atoms with van der Waals surface area (Å²) in [6.45, 7) is 3.57. The zero-order valence-electron chi connectivity index (χ0n) is 32.3. The van der Waals surface area contributed by atoms with Crippen molar-refractivity contribution in [3.05, 3.63) is 151 Å². The molecule has 0 radical (unpaired) electrons. The maximum absolute atomic E-state index is 5.74. The Balaban J connectivity index is 0.000000184. The lowest BCUT2D eigenvalue weighted by Crippen LogP contribution is -1.97. The monoisotopic (exact) mass is 1330 g/mol. The lowest BCUT2D eigenvalue weighted by molar-refractivity contribution is 0.198. The molecule has 0 saturated carbocycles. The van der Waals surface area contributed by atoms with Gasteiger partial charge in [0.1, 0.15) is 79.2 Å². The molecule has 3 aromatic heterocycles. The Morgan fingerprint density at radius 3 is 1.05 bits per heavy atom. The van der Waals surface area contributed by atoms with Crippen molar-refractivity contribution >= 4 is 116 Å². The van der Waals surface area contributed by atoms with E-state index in [1.165, 1.54) is 12.8 Å². The second-order valence-corrected chi connectivity index (χ2v) is 17.8. The van der Waals surface area contributed by atoms with E-state index in [9.17, 15) is 0 Å².